The highest BCUT2D eigenvalue weighted by Crippen LogP contribution is 2.41. The summed E-state index contributed by atoms with van der Waals surface area (Å²) in [5, 5.41) is 24.3. The molecule has 0 aliphatic carbocycles. The highest BCUT2D eigenvalue weighted by molar-refractivity contribution is 6.08. The van der Waals surface area contributed by atoms with Crippen molar-refractivity contribution in [2.75, 3.05) is 19.6 Å². The molecular weight excluding hydrogens is 564 g/mol. The molecule has 0 unspecified atom stereocenters. The summed E-state index contributed by atoms with van der Waals surface area (Å²) in [7, 11) is 0. The molecule has 1 atom stereocenters. The molecule has 11 heteroatoms. The van der Waals surface area contributed by atoms with Gasteiger partial charge >= 0.3 is 11.9 Å². The summed E-state index contributed by atoms with van der Waals surface area (Å²) >= 11 is 0. The van der Waals surface area contributed by atoms with Crippen LogP contribution in [0.2, 0.25) is 0 Å². The first kappa shape index (κ1) is 30.0. The van der Waals surface area contributed by atoms with Gasteiger partial charge in [-0.2, -0.15) is 0 Å². The van der Waals surface area contributed by atoms with Gasteiger partial charge in [0.15, 0.2) is 5.60 Å². The Morgan fingerprint density at radius 1 is 1.14 bits per heavy atom. The van der Waals surface area contributed by atoms with Gasteiger partial charge in [-0.25, -0.2) is 9.78 Å². The predicted octanol–water partition coefficient (Wildman–Crippen LogP) is 3.09. The van der Waals surface area contributed by atoms with Crippen molar-refractivity contribution < 1.29 is 29.3 Å². The number of pyridine rings is 2. The van der Waals surface area contributed by atoms with Gasteiger partial charge in [0.2, 0.25) is 0 Å². The fraction of sp³-hybridized carbons (Fsp3) is 0.485. The number of carbonyl (C=O) groups excluding carboxylic acids is 2. The minimum Gasteiger partial charge on any atom is -0.481 e. The average molecular weight is 603 g/mol. The van der Waals surface area contributed by atoms with Crippen LogP contribution in [-0.2, 0) is 39.5 Å². The number of piperidine rings is 1. The van der Waals surface area contributed by atoms with E-state index in [1.54, 1.807) is 17.6 Å². The lowest BCUT2D eigenvalue weighted by Crippen LogP contribution is -2.45. The lowest BCUT2D eigenvalue weighted by atomic mass is 9.86. The number of aromatic nitrogens is 2. The number of unbranched alkanes of at least 4 members (excludes halogenated alkanes) is 1. The molecule has 1 fully saturated rings. The average Bonchev–Trinajstić information content (AvgIpc) is 3.40. The molecule has 5 heterocycles. The molecule has 0 radical (unpaired) electrons. The lowest BCUT2D eigenvalue weighted by molar-refractivity contribution is -0.172. The zero-order valence-corrected chi connectivity index (χ0v) is 25.1. The highest BCUT2D eigenvalue weighted by Gasteiger charge is 2.45. The number of hydrogen-bond acceptors (Lipinski definition) is 8. The number of cyclic esters (lactones) is 1. The Morgan fingerprint density at radius 3 is 2.61 bits per heavy atom. The summed E-state index contributed by atoms with van der Waals surface area (Å²) in [5.74, 6) is -1.57. The van der Waals surface area contributed by atoms with Crippen LogP contribution in [-0.4, -0.2) is 68.2 Å². The summed E-state index contributed by atoms with van der Waals surface area (Å²) in [6.07, 6.45) is 3.98. The van der Waals surface area contributed by atoms with Crippen molar-refractivity contribution in [2.45, 2.75) is 83.6 Å². The van der Waals surface area contributed by atoms with Crippen LogP contribution in [0.1, 0.15) is 85.0 Å². The minimum atomic E-state index is -1.89. The smallest absolute Gasteiger partial charge is 0.343 e. The Morgan fingerprint density at radius 2 is 1.91 bits per heavy atom. The van der Waals surface area contributed by atoms with Gasteiger partial charge in [0.25, 0.3) is 11.5 Å². The number of aryl methyl sites for hydroxylation is 1. The number of carboxylic acid groups (broad SMARTS) is 1. The van der Waals surface area contributed by atoms with Gasteiger partial charge in [0.1, 0.15) is 6.61 Å². The van der Waals surface area contributed by atoms with Crippen LogP contribution in [0.15, 0.2) is 29.1 Å². The van der Waals surface area contributed by atoms with Crippen LogP contribution in [0, 0.1) is 0 Å². The Hall–Kier alpha value is -4.09. The number of hydrogen-bond donors (Lipinski definition) is 3. The van der Waals surface area contributed by atoms with E-state index in [-0.39, 0.29) is 48.6 Å². The number of carbonyl (C=O) groups is 3. The number of esters is 1. The molecule has 0 spiro atoms. The normalized spacial score (nSPS) is 19.4. The van der Waals surface area contributed by atoms with Crippen LogP contribution in [0.4, 0.5) is 0 Å². The van der Waals surface area contributed by atoms with Crippen molar-refractivity contribution in [2.24, 2.45) is 0 Å². The number of rotatable bonds is 9. The van der Waals surface area contributed by atoms with Gasteiger partial charge in [0.05, 0.1) is 29.0 Å². The van der Waals surface area contributed by atoms with E-state index in [1.807, 2.05) is 30.0 Å². The molecule has 6 rings (SSSR count). The highest BCUT2D eigenvalue weighted by atomic mass is 16.6. The number of likely N-dealkylation sites (tertiary alicyclic amines) is 1. The molecule has 3 N–H and O–H groups in total. The molecule has 3 aromatic rings. The summed E-state index contributed by atoms with van der Waals surface area (Å²) < 4.78 is 6.83. The number of nitrogens with one attached hydrogen (secondary N) is 1. The molecule has 0 bridgehead atoms. The molecule has 44 heavy (non-hydrogen) atoms. The number of fused-ring (bicyclic) bond motifs is 5. The van der Waals surface area contributed by atoms with Crippen LogP contribution in [0.3, 0.4) is 0 Å². The summed E-state index contributed by atoms with van der Waals surface area (Å²) in [6.45, 7) is 5.82. The van der Waals surface area contributed by atoms with Gasteiger partial charge in [0, 0.05) is 47.6 Å². The number of benzene rings is 1. The van der Waals surface area contributed by atoms with Gasteiger partial charge < -0.3 is 29.7 Å². The molecule has 1 aromatic carbocycles. The predicted molar refractivity (Wildman–Crippen MR) is 162 cm³/mol. The molecule has 2 aromatic heterocycles. The largest absolute Gasteiger partial charge is 0.481 e. The van der Waals surface area contributed by atoms with Gasteiger partial charge in [-0.15, -0.1) is 0 Å². The van der Waals surface area contributed by atoms with Crippen molar-refractivity contribution in [3.05, 3.63) is 62.4 Å². The quantitative estimate of drug-likeness (QED) is 0.194. The Kier molecular flexibility index (Phi) is 8.02. The van der Waals surface area contributed by atoms with E-state index >= 15 is 0 Å². The van der Waals surface area contributed by atoms with E-state index in [2.05, 4.69) is 5.32 Å². The number of amides is 1. The van der Waals surface area contributed by atoms with E-state index in [0.717, 1.165) is 42.3 Å². The molecule has 1 amide bonds. The molecule has 11 nitrogen and oxygen atoms in total. The monoisotopic (exact) mass is 602 g/mol. The van der Waals surface area contributed by atoms with Crippen molar-refractivity contribution in [3.8, 4) is 11.4 Å². The van der Waals surface area contributed by atoms with Crippen molar-refractivity contribution in [1.82, 2.24) is 19.8 Å². The van der Waals surface area contributed by atoms with E-state index in [9.17, 15) is 24.3 Å². The number of nitrogens with zero attached hydrogens (tertiary/aromatic N) is 3. The zero-order valence-electron chi connectivity index (χ0n) is 25.1. The Labute approximate surface area is 254 Å². The van der Waals surface area contributed by atoms with Gasteiger partial charge in [-0.3, -0.25) is 14.4 Å². The van der Waals surface area contributed by atoms with Crippen molar-refractivity contribution in [3.63, 3.8) is 0 Å². The number of ether oxygens (including phenoxy) is 1. The standard InChI is InChI=1S/C33H38N4O7/c1-3-20-22-17-37-26(16-24-23(31(37)41)18-44-32(42)33(24,43)4-2)29(22)35-25-9-7-8-21(28(20)25)30(40)36-14-11-19(12-15-36)34-13-6-5-10-27(38)39/h7-9,16,19,34,43H,3-6,10-15,17-18H2,1-2H3,(H,38,39)/t33-/m0/s1. The second-order valence-electron chi connectivity index (χ2n) is 11.9. The van der Waals surface area contributed by atoms with Crippen LogP contribution < -0.4 is 10.9 Å². The summed E-state index contributed by atoms with van der Waals surface area (Å²) in [5.41, 5.74) is 2.63. The number of aliphatic carboxylic acids is 1. The maximum absolute atomic E-state index is 13.9. The first-order chi connectivity index (χ1) is 21.2. The topological polar surface area (TPSA) is 151 Å². The van der Waals surface area contributed by atoms with Crippen LogP contribution in [0.25, 0.3) is 22.3 Å². The maximum atomic E-state index is 13.9. The first-order valence-corrected chi connectivity index (χ1v) is 15.5. The molecule has 0 saturated carbocycles. The number of carboxylic acids is 1. The second-order valence-corrected chi connectivity index (χ2v) is 11.9. The third kappa shape index (κ3) is 4.97. The summed E-state index contributed by atoms with van der Waals surface area (Å²) in [6, 6.07) is 7.57. The second kappa shape index (κ2) is 11.8. The summed E-state index contributed by atoms with van der Waals surface area (Å²) in [4.78, 5) is 57.7. The Balaban J connectivity index is 1.29. The van der Waals surface area contributed by atoms with E-state index in [0.29, 0.717) is 54.4 Å². The fourth-order valence-electron chi connectivity index (χ4n) is 6.96. The van der Waals surface area contributed by atoms with Crippen molar-refractivity contribution in [1.29, 1.82) is 0 Å². The SMILES string of the molecule is CCc1c2c(nc3cccc(C(=O)N4CCC(NCCCCC(=O)O)CC4)c13)-c1cc3c(c(=O)n1C2)COC(=O)[C@]3(O)CC. The van der Waals surface area contributed by atoms with Gasteiger partial charge in [-0.05, 0) is 68.8 Å². The molecule has 3 aliphatic rings. The van der Waals surface area contributed by atoms with Crippen LogP contribution in [0.5, 0.6) is 0 Å². The van der Waals surface area contributed by atoms with E-state index in [4.69, 9.17) is 14.8 Å². The van der Waals surface area contributed by atoms with E-state index in [1.165, 1.54) is 0 Å². The maximum Gasteiger partial charge on any atom is 0.343 e. The van der Waals surface area contributed by atoms with Crippen LogP contribution >= 0.6 is 0 Å². The zero-order chi connectivity index (χ0) is 31.2. The van der Waals surface area contributed by atoms with Gasteiger partial charge in [-0.1, -0.05) is 19.9 Å². The lowest BCUT2D eigenvalue weighted by Gasteiger charge is -2.33. The third-order valence-corrected chi connectivity index (χ3v) is 9.44. The molecular formula is C33H38N4O7. The number of aliphatic hydroxyl groups is 1. The molecule has 1 saturated heterocycles. The van der Waals surface area contributed by atoms with Crippen molar-refractivity contribution >= 4 is 28.7 Å². The third-order valence-electron chi connectivity index (χ3n) is 9.44. The molecule has 3 aliphatic heterocycles. The Bertz CT molecular complexity index is 1720. The molecule has 232 valence electrons. The fourth-order valence-corrected chi connectivity index (χ4v) is 6.96. The first-order valence-electron chi connectivity index (χ1n) is 15.5. The van der Waals surface area contributed by atoms with E-state index < -0.39 is 17.5 Å². The minimum absolute atomic E-state index is 0.0428.